The molecular formula is C10H23IN2O2. The Morgan fingerprint density at radius 2 is 1.60 bits per heavy atom. The number of hydrogen-bond donors (Lipinski definition) is 0. The van der Waals surface area contributed by atoms with Crippen molar-refractivity contribution in [2.24, 2.45) is 0 Å². The Bertz CT molecular complexity index is 137. The second-order valence-corrected chi connectivity index (χ2v) is 4.51. The van der Waals surface area contributed by atoms with Gasteiger partial charge in [-0.25, -0.2) is 0 Å². The van der Waals surface area contributed by atoms with Crippen molar-refractivity contribution in [2.45, 2.75) is 6.42 Å². The molecule has 0 bridgehead atoms. The summed E-state index contributed by atoms with van der Waals surface area (Å²) in [5.74, 6) is 0. The van der Waals surface area contributed by atoms with Crippen LogP contribution < -0.4 is 0 Å². The van der Waals surface area contributed by atoms with E-state index in [4.69, 9.17) is 7.80 Å². The molecule has 0 aliphatic carbocycles. The lowest BCUT2D eigenvalue weighted by molar-refractivity contribution is 0.0979. The van der Waals surface area contributed by atoms with E-state index in [0.29, 0.717) is 0 Å². The fourth-order valence-electron chi connectivity index (χ4n) is 1.07. The van der Waals surface area contributed by atoms with Crippen LogP contribution in [0.2, 0.25) is 0 Å². The molecule has 0 aromatic rings. The summed E-state index contributed by atoms with van der Waals surface area (Å²) in [6.45, 7) is 5.51. The summed E-state index contributed by atoms with van der Waals surface area (Å²) in [6.07, 6.45) is 1.08. The summed E-state index contributed by atoms with van der Waals surface area (Å²) in [7, 11) is 6.22. The fraction of sp³-hybridized carbons (Fsp3) is 1.00. The third-order valence-electron chi connectivity index (χ3n) is 2.06. The van der Waals surface area contributed by atoms with Crippen LogP contribution in [0.25, 0.3) is 0 Å². The van der Waals surface area contributed by atoms with Gasteiger partial charge in [-0.1, -0.05) is 0 Å². The minimum atomic E-state index is 0.815. The van der Waals surface area contributed by atoms with Crippen LogP contribution >= 0.6 is 23.0 Å². The monoisotopic (exact) mass is 330 g/mol. The van der Waals surface area contributed by atoms with Crippen LogP contribution in [0.1, 0.15) is 6.42 Å². The minimum absolute atomic E-state index is 0.815. The molecule has 0 aliphatic heterocycles. The van der Waals surface area contributed by atoms with Crippen LogP contribution in [0.5, 0.6) is 0 Å². The van der Waals surface area contributed by atoms with Crippen LogP contribution in [0.15, 0.2) is 0 Å². The van der Waals surface area contributed by atoms with Crippen molar-refractivity contribution >= 4 is 23.0 Å². The summed E-state index contributed by atoms with van der Waals surface area (Å²) >= 11 is 1.93. The van der Waals surface area contributed by atoms with Gasteiger partial charge in [-0.2, -0.15) is 0 Å². The van der Waals surface area contributed by atoms with Crippen LogP contribution in [-0.2, 0) is 7.80 Å². The maximum absolute atomic E-state index is 5.51. The molecule has 0 unspecified atom stereocenters. The van der Waals surface area contributed by atoms with Gasteiger partial charge in [0.2, 0.25) is 0 Å². The topological polar surface area (TPSA) is 24.9 Å². The summed E-state index contributed by atoms with van der Waals surface area (Å²) in [4.78, 5) is 4.40. The molecule has 0 amide bonds. The van der Waals surface area contributed by atoms with E-state index in [1.54, 1.807) is 0 Å². The fourth-order valence-corrected chi connectivity index (χ4v) is 1.38. The lowest BCUT2D eigenvalue weighted by atomic mass is 10.4. The number of nitrogens with zero attached hydrogens (tertiary/aromatic N) is 2. The maximum Gasteiger partial charge on any atom is 0.109 e. The van der Waals surface area contributed by atoms with Crippen LogP contribution in [0.3, 0.4) is 0 Å². The molecule has 0 aromatic heterocycles. The molecule has 0 fully saturated rings. The van der Waals surface area contributed by atoms with E-state index < -0.39 is 0 Å². The van der Waals surface area contributed by atoms with Gasteiger partial charge in [0.1, 0.15) is 23.0 Å². The second kappa shape index (κ2) is 11.1. The molecule has 0 saturated heterocycles. The molecule has 0 spiro atoms. The molecule has 15 heavy (non-hydrogen) atoms. The van der Waals surface area contributed by atoms with Gasteiger partial charge in [0.25, 0.3) is 0 Å². The smallest absolute Gasteiger partial charge is 0.109 e. The average Bonchev–Trinajstić information content (AvgIpc) is 2.17. The molecular weight excluding hydrogens is 307 g/mol. The maximum atomic E-state index is 5.51. The highest BCUT2D eigenvalue weighted by Gasteiger charge is 1.98. The van der Waals surface area contributed by atoms with E-state index in [0.717, 1.165) is 45.9 Å². The molecule has 0 aromatic carbocycles. The molecule has 0 N–H and O–H groups in total. The zero-order valence-corrected chi connectivity index (χ0v) is 12.2. The first-order valence-electron chi connectivity index (χ1n) is 5.31. The van der Waals surface area contributed by atoms with Crippen molar-refractivity contribution in [3.8, 4) is 0 Å². The highest BCUT2D eigenvalue weighted by molar-refractivity contribution is 14.1. The van der Waals surface area contributed by atoms with E-state index in [-0.39, 0.29) is 0 Å². The Hall–Kier alpha value is 0.570. The van der Waals surface area contributed by atoms with E-state index in [2.05, 4.69) is 30.9 Å². The molecule has 0 saturated carbocycles. The van der Waals surface area contributed by atoms with Crippen molar-refractivity contribution in [2.75, 3.05) is 60.6 Å². The van der Waals surface area contributed by atoms with Crippen molar-refractivity contribution in [1.29, 1.82) is 0 Å². The molecule has 0 atom stereocenters. The van der Waals surface area contributed by atoms with E-state index >= 15 is 0 Å². The summed E-state index contributed by atoms with van der Waals surface area (Å²) < 4.78 is 10.5. The average molecular weight is 330 g/mol. The van der Waals surface area contributed by atoms with E-state index in [9.17, 15) is 0 Å². The van der Waals surface area contributed by atoms with Gasteiger partial charge < -0.3 is 17.6 Å². The third kappa shape index (κ3) is 12.5. The van der Waals surface area contributed by atoms with Crippen LogP contribution in [0, 0.1) is 0 Å². The molecule has 92 valence electrons. The Morgan fingerprint density at radius 1 is 0.933 bits per heavy atom. The number of ether oxygens (including phenoxy) is 1. The summed E-state index contributed by atoms with van der Waals surface area (Å²) in [5.41, 5.74) is 0. The standard InChI is InChI=1S/C10H23IN2O2/c1-12(2)6-9-14-10-7-13(3)5-4-8-15-11/h4-10H2,1-3H3. The molecule has 0 aliphatic rings. The minimum Gasteiger partial charge on any atom is -0.379 e. The Balaban J connectivity index is 3.13. The van der Waals surface area contributed by atoms with Crippen molar-refractivity contribution in [3.05, 3.63) is 0 Å². The number of halogens is 1. The second-order valence-electron chi connectivity index (χ2n) is 3.89. The number of rotatable bonds is 10. The predicted molar refractivity (Wildman–Crippen MR) is 71.5 cm³/mol. The highest BCUT2D eigenvalue weighted by Crippen LogP contribution is 1.92. The van der Waals surface area contributed by atoms with Crippen molar-refractivity contribution in [1.82, 2.24) is 9.80 Å². The Morgan fingerprint density at radius 3 is 2.20 bits per heavy atom. The molecule has 0 heterocycles. The van der Waals surface area contributed by atoms with Gasteiger partial charge in [0, 0.05) is 19.6 Å². The van der Waals surface area contributed by atoms with Crippen molar-refractivity contribution < 1.29 is 7.80 Å². The first-order valence-corrected chi connectivity index (χ1v) is 6.19. The van der Waals surface area contributed by atoms with Gasteiger partial charge in [0.15, 0.2) is 0 Å². The van der Waals surface area contributed by atoms with Gasteiger partial charge in [-0.05, 0) is 27.6 Å². The Labute approximate surface area is 108 Å². The molecule has 0 radical (unpaired) electrons. The predicted octanol–water partition coefficient (Wildman–Crippen LogP) is 1.25. The highest BCUT2D eigenvalue weighted by atomic mass is 127. The van der Waals surface area contributed by atoms with Crippen LogP contribution in [0.4, 0.5) is 0 Å². The molecule has 5 heteroatoms. The van der Waals surface area contributed by atoms with Crippen molar-refractivity contribution in [3.63, 3.8) is 0 Å². The SMILES string of the molecule is CN(C)CCOCCN(C)CCCOI. The Kier molecular flexibility index (Phi) is 11.5. The molecule has 4 nitrogen and oxygen atoms in total. The first-order chi connectivity index (χ1) is 7.16. The third-order valence-corrected chi connectivity index (χ3v) is 2.50. The summed E-state index contributed by atoms with van der Waals surface area (Å²) in [6, 6.07) is 0. The van der Waals surface area contributed by atoms with Gasteiger partial charge in [-0.3, -0.25) is 0 Å². The van der Waals surface area contributed by atoms with Gasteiger partial charge in [-0.15, -0.1) is 0 Å². The van der Waals surface area contributed by atoms with E-state index in [1.165, 1.54) is 0 Å². The number of likely N-dealkylation sites (N-methyl/N-ethyl adjacent to an activating group) is 2. The zero-order valence-electron chi connectivity index (χ0n) is 10.0. The zero-order chi connectivity index (χ0) is 11.5. The molecule has 0 rings (SSSR count). The van der Waals surface area contributed by atoms with E-state index in [1.807, 2.05) is 23.0 Å². The normalized spacial score (nSPS) is 11.6. The van der Waals surface area contributed by atoms with Gasteiger partial charge in [0.05, 0.1) is 19.8 Å². The number of hydrogen-bond acceptors (Lipinski definition) is 4. The van der Waals surface area contributed by atoms with Crippen LogP contribution in [-0.4, -0.2) is 70.4 Å². The largest absolute Gasteiger partial charge is 0.379 e. The van der Waals surface area contributed by atoms with Gasteiger partial charge >= 0.3 is 0 Å². The lowest BCUT2D eigenvalue weighted by Gasteiger charge is -2.16. The summed E-state index contributed by atoms with van der Waals surface area (Å²) in [5, 5.41) is 0. The lowest BCUT2D eigenvalue weighted by Crippen LogP contribution is -2.26. The quantitative estimate of drug-likeness (QED) is 0.445. The first kappa shape index (κ1) is 15.6.